The van der Waals surface area contributed by atoms with Gasteiger partial charge in [0.05, 0.1) is 6.20 Å². The summed E-state index contributed by atoms with van der Waals surface area (Å²) >= 11 is 6.26. The fourth-order valence-electron chi connectivity index (χ4n) is 4.05. The number of aromatic nitrogens is 3. The first kappa shape index (κ1) is 18.9. The number of hydrogen-bond donors (Lipinski definition) is 0. The normalized spacial score (nSPS) is 16.5. The van der Waals surface area contributed by atoms with Crippen molar-refractivity contribution in [3.05, 3.63) is 88.5 Å². The van der Waals surface area contributed by atoms with E-state index >= 15 is 0 Å². The topological polar surface area (TPSA) is 63.6 Å². The van der Waals surface area contributed by atoms with Crippen molar-refractivity contribution in [2.75, 3.05) is 6.54 Å². The van der Waals surface area contributed by atoms with E-state index in [0.717, 1.165) is 35.5 Å². The van der Waals surface area contributed by atoms with E-state index in [-0.39, 0.29) is 11.9 Å². The molecule has 0 radical (unpaired) electrons. The summed E-state index contributed by atoms with van der Waals surface area (Å²) in [5.41, 5.74) is 3.24. The summed E-state index contributed by atoms with van der Waals surface area (Å²) in [5, 5.41) is 0.704. The third-order valence-corrected chi connectivity index (χ3v) is 5.98. The molecule has 6 nitrogen and oxygen atoms in total. The Morgan fingerprint density at radius 2 is 2.10 bits per heavy atom. The first-order chi connectivity index (χ1) is 14.6. The average molecular weight is 421 g/mol. The van der Waals surface area contributed by atoms with Gasteiger partial charge in [-0.3, -0.25) is 4.79 Å². The van der Waals surface area contributed by atoms with Gasteiger partial charge in [0, 0.05) is 29.9 Å². The summed E-state index contributed by atoms with van der Waals surface area (Å²) in [5.74, 6) is 1.22. The minimum absolute atomic E-state index is 0.0912. The number of nitrogens with zero attached hydrogens (tertiary/aromatic N) is 4. The standard InChI is InChI=1S/C23H21ClN4O2/c1-15-6-4-10-21-26-19(14-28(15)21)23(29)27-11-5-9-20(27)22-25-13-17(30-22)12-16-7-2-3-8-18(16)24/h2-4,6-8,10,13-14,20H,5,9,11-12H2,1H3. The summed E-state index contributed by atoms with van der Waals surface area (Å²) < 4.78 is 7.97. The molecule has 5 rings (SSSR count). The van der Waals surface area contributed by atoms with Crippen molar-refractivity contribution in [2.45, 2.75) is 32.2 Å². The van der Waals surface area contributed by atoms with E-state index in [4.69, 9.17) is 16.0 Å². The van der Waals surface area contributed by atoms with E-state index in [2.05, 4.69) is 9.97 Å². The summed E-state index contributed by atoms with van der Waals surface area (Å²) in [6.45, 7) is 2.66. The van der Waals surface area contributed by atoms with Gasteiger partial charge in [-0.1, -0.05) is 35.9 Å². The lowest BCUT2D eigenvalue weighted by Crippen LogP contribution is -2.31. The number of fused-ring (bicyclic) bond motifs is 1. The first-order valence-electron chi connectivity index (χ1n) is 10.0. The molecular weight excluding hydrogens is 400 g/mol. The monoisotopic (exact) mass is 420 g/mol. The second-order valence-corrected chi connectivity index (χ2v) is 8.02. The number of amides is 1. The zero-order chi connectivity index (χ0) is 20.7. The average Bonchev–Trinajstić information content (AvgIpc) is 3.48. The van der Waals surface area contributed by atoms with Crippen LogP contribution in [0.4, 0.5) is 0 Å². The molecule has 0 saturated carbocycles. The van der Waals surface area contributed by atoms with Gasteiger partial charge in [-0.2, -0.15) is 0 Å². The number of imidazole rings is 1. The second-order valence-electron chi connectivity index (χ2n) is 7.61. The smallest absolute Gasteiger partial charge is 0.274 e. The van der Waals surface area contributed by atoms with Gasteiger partial charge in [0.15, 0.2) is 0 Å². The number of benzene rings is 1. The number of oxazole rings is 1. The van der Waals surface area contributed by atoms with Crippen LogP contribution < -0.4 is 0 Å². The lowest BCUT2D eigenvalue weighted by atomic mass is 10.1. The molecule has 4 aromatic rings. The van der Waals surface area contributed by atoms with Gasteiger partial charge in [-0.25, -0.2) is 9.97 Å². The Kier molecular flexibility index (Phi) is 4.79. The summed E-state index contributed by atoms with van der Waals surface area (Å²) in [6, 6.07) is 13.4. The minimum Gasteiger partial charge on any atom is -0.443 e. The van der Waals surface area contributed by atoms with Crippen LogP contribution in [0.25, 0.3) is 5.65 Å². The van der Waals surface area contributed by atoms with Gasteiger partial charge in [0.2, 0.25) is 5.89 Å². The molecule has 1 saturated heterocycles. The van der Waals surface area contributed by atoms with Gasteiger partial charge in [-0.15, -0.1) is 0 Å². The largest absolute Gasteiger partial charge is 0.443 e. The number of carbonyl (C=O) groups excluding carboxylic acids is 1. The summed E-state index contributed by atoms with van der Waals surface area (Å²) in [7, 11) is 0. The Morgan fingerprint density at radius 3 is 2.93 bits per heavy atom. The molecule has 1 atom stereocenters. The number of rotatable bonds is 4. The second kappa shape index (κ2) is 7.61. The van der Waals surface area contributed by atoms with Crippen molar-refractivity contribution in [1.82, 2.24) is 19.3 Å². The fraction of sp³-hybridized carbons (Fsp3) is 0.261. The maximum atomic E-state index is 13.2. The first-order valence-corrected chi connectivity index (χ1v) is 10.4. The van der Waals surface area contributed by atoms with Crippen molar-refractivity contribution in [3.8, 4) is 0 Å². The molecule has 30 heavy (non-hydrogen) atoms. The highest BCUT2D eigenvalue weighted by atomic mass is 35.5. The zero-order valence-corrected chi connectivity index (χ0v) is 17.3. The number of pyridine rings is 1. The molecule has 1 aliphatic heterocycles. The quantitative estimate of drug-likeness (QED) is 0.473. The van der Waals surface area contributed by atoms with E-state index in [1.807, 2.05) is 58.7 Å². The molecule has 0 aliphatic carbocycles. The number of likely N-dealkylation sites (tertiary alicyclic amines) is 1. The van der Waals surface area contributed by atoms with E-state index in [1.165, 1.54) is 0 Å². The van der Waals surface area contributed by atoms with Crippen LogP contribution >= 0.6 is 11.6 Å². The zero-order valence-electron chi connectivity index (χ0n) is 16.6. The SMILES string of the molecule is Cc1cccc2nc(C(=O)N3CCCC3c3ncc(Cc4ccccc4Cl)o3)cn12. The van der Waals surface area contributed by atoms with Gasteiger partial charge < -0.3 is 13.7 Å². The molecule has 0 N–H and O–H groups in total. The van der Waals surface area contributed by atoms with Crippen molar-refractivity contribution in [3.63, 3.8) is 0 Å². The van der Waals surface area contributed by atoms with Crippen molar-refractivity contribution in [2.24, 2.45) is 0 Å². The highest BCUT2D eigenvalue weighted by Crippen LogP contribution is 2.33. The third kappa shape index (κ3) is 3.37. The highest BCUT2D eigenvalue weighted by molar-refractivity contribution is 6.31. The van der Waals surface area contributed by atoms with Crippen LogP contribution in [0.1, 0.15) is 52.3 Å². The predicted octanol–water partition coefficient (Wildman–Crippen LogP) is 4.85. The molecule has 152 valence electrons. The summed E-state index contributed by atoms with van der Waals surface area (Å²) in [4.78, 5) is 24.0. The van der Waals surface area contributed by atoms with E-state index in [0.29, 0.717) is 29.6 Å². The molecule has 0 spiro atoms. The molecule has 1 unspecified atom stereocenters. The van der Waals surface area contributed by atoms with Crippen molar-refractivity contribution >= 4 is 23.2 Å². The molecule has 1 amide bonds. The molecule has 1 fully saturated rings. The van der Waals surface area contributed by atoms with Crippen LogP contribution in [0.2, 0.25) is 5.02 Å². The van der Waals surface area contributed by atoms with Crippen molar-refractivity contribution in [1.29, 1.82) is 0 Å². The molecule has 7 heteroatoms. The maximum Gasteiger partial charge on any atom is 0.274 e. The molecule has 0 bridgehead atoms. The molecule has 3 aromatic heterocycles. The molecule has 1 aromatic carbocycles. The van der Waals surface area contributed by atoms with Crippen LogP contribution in [-0.2, 0) is 6.42 Å². The Morgan fingerprint density at radius 1 is 1.23 bits per heavy atom. The highest BCUT2D eigenvalue weighted by Gasteiger charge is 2.35. The van der Waals surface area contributed by atoms with E-state index in [1.54, 1.807) is 12.4 Å². The minimum atomic E-state index is -0.177. The molecule has 4 heterocycles. The fourth-order valence-corrected chi connectivity index (χ4v) is 4.26. The van der Waals surface area contributed by atoms with E-state index < -0.39 is 0 Å². The van der Waals surface area contributed by atoms with Crippen LogP contribution in [-0.4, -0.2) is 31.7 Å². The third-order valence-electron chi connectivity index (χ3n) is 5.61. The van der Waals surface area contributed by atoms with E-state index in [9.17, 15) is 4.79 Å². The van der Waals surface area contributed by atoms with Gasteiger partial charge in [-0.05, 0) is 43.5 Å². The predicted molar refractivity (Wildman–Crippen MR) is 114 cm³/mol. The van der Waals surface area contributed by atoms with Gasteiger partial charge in [0.25, 0.3) is 5.91 Å². The Hall–Kier alpha value is -3.12. The summed E-state index contributed by atoms with van der Waals surface area (Å²) in [6.07, 6.45) is 5.84. The van der Waals surface area contributed by atoms with Gasteiger partial charge >= 0.3 is 0 Å². The lowest BCUT2D eigenvalue weighted by molar-refractivity contribution is 0.0709. The Balaban J connectivity index is 1.38. The van der Waals surface area contributed by atoms with Crippen LogP contribution in [0.15, 0.2) is 59.3 Å². The molecule has 1 aliphatic rings. The van der Waals surface area contributed by atoms with Gasteiger partial charge in [0.1, 0.15) is 23.1 Å². The number of carbonyl (C=O) groups is 1. The number of aryl methyl sites for hydroxylation is 1. The van der Waals surface area contributed by atoms with Crippen LogP contribution in [0.3, 0.4) is 0 Å². The number of hydrogen-bond acceptors (Lipinski definition) is 4. The maximum absolute atomic E-state index is 13.2. The lowest BCUT2D eigenvalue weighted by Gasteiger charge is -2.21. The Labute approximate surface area is 179 Å². The molecular formula is C23H21ClN4O2. The van der Waals surface area contributed by atoms with Crippen LogP contribution in [0.5, 0.6) is 0 Å². The number of halogens is 1. The Bertz CT molecular complexity index is 1230. The van der Waals surface area contributed by atoms with Crippen LogP contribution in [0, 0.1) is 6.92 Å². The van der Waals surface area contributed by atoms with Crippen molar-refractivity contribution < 1.29 is 9.21 Å².